The van der Waals surface area contributed by atoms with Gasteiger partial charge in [-0.05, 0) is 36.9 Å². The molecule has 0 bridgehead atoms. The average Bonchev–Trinajstić information content (AvgIpc) is 2.33. The van der Waals surface area contributed by atoms with Gasteiger partial charge in [0, 0.05) is 6.04 Å². The van der Waals surface area contributed by atoms with E-state index in [4.69, 9.17) is 0 Å². The summed E-state index contributed by atoms with van der Waals surface area (Å²) < 4.78 is 0. The molecule has 1 aliphatic rings. The van der Waals surface area contributed by atoms with Crippen LogP contribution < -0.4 is 5.32 Å². The van der Waals surface area contributed by atoms with Gasteiger partial charge in [0.2, 0.25) is 0 Å². The van der Waals surface area contributed by atoms with Crippen LogP contribution >= 0.6 is 0 Å². The van der Waals surface area contributed by atoms with Gasteiger partial charge in [-0.3, -0.25) is 0 Å². The van der Waals surface area contributed by atoms with Crippen LogP contribution in [0.15, 0.2) is 18.2 Å². The van der Waals surface area contributed by atoms with Gasteiger partial charge < -0.3 is 5.32 Å². The topological polar surface area (TPSA) is 12.0 Å². The molecule has 0 saturated carbocycles. The highest BCUT2D eigenvalue weighted by atomic mass is 14.9. The summed E-state index contributed by atoms with van der Waals surface area (Å²) in [5.74, 6) is 0. The van der Waals surface area contributed by atoms with E-state index in [0.29, 0.717) is 11.5 Å². The Labute approximate surface area is 86.5 Å². The molecule has 76 valence electrons. The number of nitrogens with one attached hydrogen (secondary N) is 1. The van der Waals surface area contributed by atoms with Crippen LogP contribution in [0.1, 0.15) is 36.6 Å². The molecule has 1 N–H and O–H groups in total. The van der Waals surface area contributed by atoms with Crippen LogP contribution in [0.2, 0.25) is 0 Å². The van der Waals surface area contributed by atoms with E-state index < -0.39 is 0 Å². The van der Waals surface area contributed by atoms with E-state index in [2.05, 4.69) is 51.3 Å². The fourth-order valence-corrected chi connectivity index (χ4v) is 2.73. The van der Waals surface area contributed by atoms with Crippen LogP contribution in [0.5, 0.6) is 0 Å². The highest BCUT2D eigenvalue weighted by Crippen LogP contribution is 2.44. The largest absolute Gasteiger partial charge is 0.313 e. The minimum absolute atomic E-state index is 0.352. The van der Waals surface area contributed by atoms with Gasteiger partial charge in [-0.25, -0.2) is 0 Å². The predicted octanol–water partition coefficient (Wildman–Crippen LogP) is 2.84. The molecule has 0 amide bonds. The van der Waals surface area contributed by atoms with E-state index >= 15 is 0 Å². The molecule has 14 heavy (non-hydrogen) atoms. The summed E-state index contributed by atoms with van der Waals surface area (Å²) in [6.45, 7) is 6.84. The average molecular weight is 189 g/mol. The van der Waals surface area contributed by atoms with Gasteiger partial charge >= 0.3 is 0 Å². The Hall–Kier alpha value is -0.820. The highest BCUT2D eigenvalue weighted by molar-refractivity contribution is 5.40. The number of rotatable bonds is 1. The molecule has 1 aromatic carbocycles. The first-order chi connectivity index (χ1) is 6.54. The predicted molar refractivity (Wildman–Crippen MR) is 60.5 cm³/mol. The fraction of sp³-hybridized carbons (Fsp3) is 0.538. The molecule has 1 unspecified atom stereocenters. The first-order valence-corrected chi connectivity index (χ1v) is 5.31. The maximum absolute atomic E-state index is 3.43. The minimum Gasteiger partial charge on any atom is -0.313 e. The summed E-state index contributed by atoms with van der Waals surface area (Å²) >= 11 is 0. The van der Waals surface area contributed by atoms with Crippen LogP contribution in [0.4, 0.5) is 0 Å². The lowest BCUT2D eigenvalue weighted by molar-refractivity contribution is 0.283. The van der Waals surface area contributed by atoms with E-state index in [-0.39, 0.29) is 0 Å². The van der Waals surface area contributed by atoms with Crippen molar-refractivity contribution in [1.29, 1.82) is 0 Å². The van der Waals surface area contributed by atoms with Crippen molar-refractivity contribution in [3.8, 4) is 0 Å². The van der Waals surface area contributed by atoms with Crippen molar-refractivity contribution in [2.24, 2.45) is 5.41 Å². The van der Waals surface area contributed by atoms with Crippen LogP contribution in [-0.2, 0) is 6.42 Å². The third-order valence-corrected chi connectivity index (χ3v) is 3.33. The molecule has 1 atom stereocenters. The van der Waals surface area contributed by atoms with Crippen molar-refractivity contribution < 1.29 is 0 Å². The number of hydrogen-bond acceptors (Lipinski definition) is 1. The summed E-state index contributed by atoms with van der Waals surface area (Å²) in [7, 11) is 2.06. The Morgan fingerprint density at radius 3 is 2.71 bits per heavy atom. The monoisotopic (exact) mass is 189 g/mol. The first kappa shape index (κ1) is 9.72. The van der Waals surface area contributed by atoms with Crippen molar-refractivity contribution >= 4 is 0 Å². The van der Waals surface area contributed by atoms with Gasteiger partial charge in [0.25, 0.3) is 0 Å². The molecule has 1 heteroatoms. The van der Waals surface area contributed by atoms with E-state index in [9.17, 15) is 0 Å². The molecule has 2 rings (SSSR count). The SMILES string of the molecule is CNC1c2ccc(C)cc2CC1(C)C. The maximum Gasteiger partial charge on any atom is 0.0375 e. The lowest BCUT2D eigenvalue weighted by Crippen LogP contribution is -2.28. The number of aryl methyl sites for hydroxylation is 1. The van der Waals surface area contributed by atoms with Crippen LogP contribution in [0, 0.1) is 12.3 Å². The van der Waals surface area contributed by atoms with Crippen molar-refractivity contribution in [3.05, 3.63) is 34.9 Å². The molecule has 0 saturated heterocycles. The van der Waals surface area contributed by atoms with Gasteiger partial charge in [-0.2, -0.15) is 0 Å². The van der Waals surface area contributed by atoms with Gasteiger partial charge in [-0.1, -0.05) is 37.6 Å². The summed E-state index contributed by atoms with van der Waals surface area (Å²) in [6.07, 6.45) is 1.19. The zero-order valence-corrected chi connectivity index (χ0v) is 9.52. The van der Waals surface area contributed by atoms with Crippen molar-refractivity contribution in [2.75, 3.05) is 7.05 Å². The zero-order chi connectivity index (χ0) is 10.3. The fourth-order valence-electron chi connectivity index (χ4n) is 2.73. The summed E-state index contributed by atoms with van der Waals surface area (Å²) in [6, 6.07) is 7.33. The maximum atomic E-state index is 3.43. The number of benzene rings is 1. The molecule has 0 fully saturated rings. The molecular weight excluding hydrogens is 170 g/mol. The third kappa shape index (κ3) is 1.36. The number of hydrogen-bond donors (Lipinski definition) is 1. The van der Waals surface area contributed by atoms with Crippen molar-refractivity contribution in [3.63, 3.8) is 0 Å². The molecule has 1 nitrogen and oxygen atoms in total. The van der Waals surface area contributed by atoms with E-state index in [1.807, 2.05) is 0 Å². The molecule has 0 heterocycles. The second-order valence-electron chi connectivity index (χ2n) is 5.09. The molecule has 1 aromatic rings. The lowest BCUT2D eigenvalue weighted by atomic mass is 9.85. The molecule has 0 radical (unpaired) electrons. The quantitative estimate of drug-likeness (QED) is 0.716. The Bertz CT molecular complexity index is 352. The molecule has 0 spiro atoms. The van der Waals surface area contributed by atoms with Crippen LogP contribution in [0.25, 0.3) is 0 Å². The third-order valence-electron chi connectivity index (χ3n) is 3.33. The first-order valence-electron chi connectivity index (χ1n) is 5.31. The summed E-state index contributed by atoms with van der Waals surface area (Å²) in [5.41, 5.74) is 4.74. The van der Waals surface area contributed by atoms with E-state index in [0.717, 1.165) is 0 Å². The molecule has 0 aliphatic heterocycles. The van der Waals surface area contributed by atoms with E-state index in [1.165, 1.54) is 23.1 Å². The van der Waals surface area contributed by atoms with Gasteiger partial charge in [0.05, 0.1) is 0 Å². The van der Waals surface area contributed by atoms with Gasteiger partial charge in [-0.15, -0.1) is 0 Å². The Kier molecular flexibility index (Phi) is 2.15. The summed E-state index contributed by atoms with van der Waals surface area (Å²) in [5, 5.41) is 3.43. The smallest absolute Gasteiger partial charge is 0.0375 e. The lowest BCUT2D eigenvalue weighted by Gasteiger charge is -2.27. The van der Waals surface area contributed by atoms with Crippen LogP contribution in [0.3, 0.4) is 0 Å². The molecule has 1 aliphatic carbocycles. The second kappa shape index (κ2) is 3.09. The Balaban J connectivity index is 2.48. The minimum atomic E-state index is 0.352. The molecular formula is C13H19N. The summed E-state index contributed by atoms with van der Waals surface area (Å²) in [4.78, 5) is 0. The normalized spacial score (nSPS) is 23.6. The van der Waals surface area contributed by atoms with Crippen LogP contribution in [-0.4, -0.2) is 7.05 Å². The standard InChI is InChI=1S/C13H19N/c1-9-5-6-11-10(7-9)8-13(2,3)12(11)14-4/h5-7,12,14H,8H2,1-4H3. The highest BCUT2D eigenvalue weighted by Gasteiger charge is 2.37. The Morgan fingerprint density at radius 1 is 1.36 bits per heavy atom. The second-order valence-corrected chi connectivity index (χ2v) is 5.09. The Morgan fingerprint density at radius 2 is 2.07 bits per heavy atom. The van der Waals surface area contributed by atoms with E-state index in [1.54, 1.807) is 0 Å². The van der Waals surface area contributed by atoms with Crippen molar-refractivity contribution in [2.45, 2.75) is 33.2 Å². The molecule has 0 aromatic heterocycles. The number of fused-ring (bicyclic) bond motifs is 1. The zero-order valence-electron chi connectivity index (χ0n) is 9.52. The van der Waals surface area contributed by atoms with Crippen molar-refractivity contribution in [1.82, 2.24) is 5.32 Å². The van der Waals surface area contributed by atoms with Gasteiger partial charge in [0.1, 0.15) is 0 Å². The van der Waals surface area contributed by atoms with Gasteiger partial charge in [0.15, 0.2) is 0 Å².